The van der Waals surface area contributed by atoms with Crippen LogP contribution in [0.1, 0.15) is 21.9 Å². The van der Waals surface area contributed by atoms with E-state index >= 15 is 0 Å². The number of nitrogens with zero attached hydrogens (tertiary/aromatic N) is 4. The van der Waals surface area contributed by atoms with E-state index in [2.05, 4.69) is 20.1 Å². The van der Waals surface area contributed by atoms with Crippen LogP contribution in [0, 0.1) is 6.92 Å². The minimum Gasteiger partial charge on any atom is -0.451 e. The predicted molar refractivity (Wildman–Crippen MR) is 93.1 cm³/mol. The maximum Gasteiger partial charge on any atom is 0.359 e. The maximum absolute atomic E-state index is 12.2. The molecule has 0 bridgehead atoms. The van der Waals surface area contributed by atoms with Crippen molar-refractivity contribution in [3.8, 4) is 11.4 Å². The Hall–Kier alpha value is -3.61. The Balaban J connectivity index is 1.47. The minimum atomic E-state index is -0.598. The van der Waals surface area contributed by atoms with Crippen molar-refractivity contribution < 1.29 is 14.1 Å². The van der Waals surface area contributed by atoms with Crippen LogP contribution in [0.3, 0.4) is 0 Å². The summed E-state index contributed by atoms with van der Waals surface area (Å²) in [5, 5.41) is 3.93. The molecule has 0 saturated carbocycles. The van der Waals surface area contributed by atoms with E-state index in [1.54, 1.807) is 6.07 Å². The first kappa shape index (κ1) is 15.9. The largest absolute Gasteiger partial charge is 0.451 e. The van der Waals surface area contributed by atoms with Crippen molar-refractivity contribution in [1.29, 1.82) is 0 Å². The average Bonchev–Trinajstić information content (AvgIpc) is 3.15. The second kappa shape index (κ2) is 6.72. The summed E-state index contributed by atoms with van der Waals surface area (Å²) in [5.74, 6) is 0.0730. The number of aryl methyl sites for hydroxylation is 1. The Kier molecular flexibility index (Phi) is 4.10. The number of esters is 1. The number of carbonyl (C=O) groups is 1. The van der Waals surface area contributed by atoms with E-state index in [1.807, 2.05) is 49.4 Å². The molecule has 0 aliphatic rings. The van der Waals surface area contributed by atoms with Gasteiger partial charge in [0.15, 0.2) is 12.3 Å². The minimum absolute atomic E-state index is 0.127. The third kappa shape index (κ3) is 3.14. The molecule has 0 N–H and O–H groups in total. The number of benzene rings is 2. The smallest absolute Gasteiger partial charge is 0.359 e. The van der Waals surface area contributed by atoms with Gasteiger partial charge in [-0.1, -0.05) is 41.6 Å². The Morgan fingerprint density at radius 3 is 2.65 bits per heavy atom. The van der Waals surface area contributed by atoms with Crippen molar-refractivity contribution >= 4 is 17.0 Å². The van der Waals surface area contributed by atoms with Crippen molar-refractivity contribution in [1.82, 2.24) is 20.1 Å². The van der Waals surface area contributed by atoms with Crippen LogP contribution < -0.4 is 0 Å². The van der Waals surface area contributed by atoms with Gasteiger partial charge < -0.3 is 9.26 Å². The molecule has 26 heavy (non-hydrogen) atoms. The highest BCUT2D eigenvalue weighted by Gasteiger charge is 2.15. The van der Waals surface area contributed by atoms with Gasteiger partial charge in [-0.15, -0.1) is 0 Å². The van der Waals surface area contributed by atoms with Crippen molar-refractivity contribution in [3.63, 3.8) is 0 Å². The van der Waals surface area contributed by atoms with Gasteiger partial charge in [-0.3, -0.25) is 4.98 Å². The van der Waals surface area contributed by atoms with Gasteiger partial charge in [0.05, 0.1) is 17.2 Å². The number of fused-ring (bicyclic) bond motifs is 1. The molecule has 2 aromatic heterocycles. The zero-order chi connectivity index (χ0) is 17.9. The average molecular weight is 346 g/mol. The molecule has 0 unspecified atom stereocenters. The van der Waals surface area contributed by atoms with Gasteiger partial charge in [0.2, 0.25) is 5.82 Å². The van der Waals surface area contributed by atoms with Crippen LogP contribution in [0.15, 0.2) is 59.3 Å². The van der Waals surface area contributed by atoms with Crippen LogP contribution in [0.4, 0.5) is 0 Å². The van der Waals surface area contributed by atoms with Crippen molar-refractivity contribution in [2.24, 2.45) is 0 Å². The Labute approximate surface area is 148 Å². The molecule has 7 nitrogen and oxygen atoms in total. The summed E-state index contributed by atoms with van der Waals surface area (Å²) >= 11 is 0. The van der Waals surface area contributed by atoms with Crippen LogP contribution in [0.5, 0.6) is 0 Å². The lowest BCUT2D eigenvalue weighted by atomic mass is 10.1. The highest BCUT2D eigenvalue weighted by atomic mass is 16.6. The summed E-state index contributed by atoms with van der Waals surface area (Å²) in [7, 11) is 0. The van der Waals surface area contributed by atoms with E-state index < -0.39 is 5.97 Å². The molecule has 0 aliphatic heterocycles. The fraction of sp³-hybridized carbons (Fsp3) is 0.105. The number of hydrogen-bond acceptors (Lipinski definition) is 7. The molecular weight excluding hydrogens is 332 g/mol. The fourth-order valence-corrected chi connectivity index (χ4v) is 2.50. The van der Waals surface area contributed by atoms with Crippen molar-refractivity contribution in [3.05, 3.63) is 71.9 Å². The molecule has 7 heteroatoms. The first-order chi connectivity index (χ1) is 12.7. The summed E-state index contributed by atoms with van der Waals surface area (Å²) in [4.78, 5) is 24.9. The number of para-hydroxylation sites is 2. The topological polar surface area (TPSA) is 91.0 Å². The van der Waals surface area contributed by atoms with E-state index in [0.717, 1.165) is 11.1 Å². The molecule has 0 spiro atoms. The lowest BCUT2D eigenvalue weighted by Gasteiger charge is -2.02. The number of rotatable bonds is 4. The molecule has 4 aromatic rings. The molecule has 0 amide bonds. The third-order valence-corrected chi connectivity index (χ3v) is 3.84. The standard InChI is InChI=1S/C19H14N4O3/c1-12-6-2-3-7-13(12)18-22-17(26-23-18)11-25-19(24)16-10-20-14-8-4-5-9-15(14)21-16/h2-10H,11H2,1H3. The van der Waals surface area contributed by atoms with Gasteiger partial charge in [-0.05, 0) is 24.6 Å². The highest BCUT2D eigenvalue weighted by Crippen LogP contribution is 2.20. The van der Waals surface area contributed by atoms with E-state index in [4.69, 9.17) is 9.26 Å². The summed E-state index contributed by atoms with van der Waals surface area (Å²) in [6, 6.07) is 15.0. The van der Waals surface area contributed by atoms with E-state index in [0.29, 0.717) is 16.9 Å². The second-order valence-corrected chi connectivity index (χ2v) is 5.65. The zero-order valence-electron chi connectivity index (χ0n) is 13.9. The van der Waals surface area contributed by atoms with Crippen LogP contribution in [-0.2, 0) is 11.3 Å². The SMILES string of the molecule is Cc1ccccc1-c1noc(COC(=O)c2cnc3ccccc3n2)n1. The monoisotopic (exact) mass is 346 g/mol. The maximum atomic E-state index is 12.2. The van der Waals surface area contributed by atoms with Gasteiger partial charge in [-0.2, -0.15) is 4.98 Å². The lowest BCUT2D eigenvalue weighted by Crippen LogP contribution is -2.08. The third-order valence-electron chi connectivity index (χ3n) is 3.84. The normalized spacial score (nSPS) is 10.8. The molecule has 0 aliphatic carbocycles. The van der Waals surface area contributed by atoms with E-state index in [-0.39, 0.29) is 18.2 Å². The Morgan fingerprint density at radius 1 is 1.04 bits per heavy atom. The predicted octanol–water partition coefficient (Wildman–Crippen LogP) is 3.35. The molecular formula is C19H14N4O3. The summed E-state index contributed by atoms with van der Waals surface area (Å²) < 4.78 is 10.4. The van der Waals surface area contributed by atoms with Crippen molar-refractivity contribution in [2.45, 2.75) is 13.5 Å². The molecule has 4 rings (SSSR count). The lowest BCUT2D eigenvalue weighted by molar-refractivity contribution is 0.0423. The number of ether oxygens (including phenoxy) is 1. The van der Waals surface area contributed by atoms with Gasteiger partial charge in [0.1, 0.15) is 0 Å². The van der Waals surface area contributed by atoms with Gasteiger partial charge >= 0.3 is 5.97 Å². The molecule has 2 heterocycles. The van der Waals surface area contributed by atoms with E-state index in [1.165, 1.54) is 6.20 Å². The molecule has 0 atom stereocenters. The molecule has 2 aromatic carbocycles. The highest BCUT2D eigenvalue weighted by molar-refractivity contribution is 5.89. The van der Waals surface area contributed by atoms with Gasteiger partial charge in [0, 0.05) is 5.56 Å². The zero-order valence-corrected chi connectivity index (χ0v) is 13.9. The number of carbonyl (C=O) groups excluding carboxylic acids is 1. The summed E-state index contributed by atoms with van der Waals surface area (Å²) in [6.07, 6.45) is 1.39. The van der Waals surface area contributed by atoms with Crippen LogP contribution in [0.2, 0.25) is 0 Å². The first-order valence-electron chi connectivity index (χ1n) is 7.98. The van der Waals surface area contributed by atoms with Gasteiger partial charge in [-0.25, -0.2) is 9.78 Å². The van der Waals surface area contributed by atoms with Gasteiger partial charge in [0.25, 0.3) is 5.89 Å². The summed E-state index contributed by atoms with van der Waals surface area (Å²) in [5.41, 5.74) is 3.37. The van der Waals surface area contributed by atoms with Crippen LogP contribution in [0.25, 0.3) is 22.4 Å². The second-order valence-electron chi connectivity index (χ2n) is 5.65. The molecule has 0 fully saturated rings. The molecule has 0 saturated heterocycles. The Bertz CT molecular complexity index is 1090. The van der Waals surface area contributed by atoms with Crippen molar-refractivity contribution in [2.75, 3.05) is 0 Å². The Morgan fingerprint density at radius 2 is 1.81 bits per heavy atom. The fourth-order valence-electron chi connectivity index (χ4n) is 2.50. The van der Waals surface area contributed by atoms with Crippen LogP contribution >= 0.6 is 0 Å². The summed E-state index contributed by atoms with van der Waals surface area (Å²) in [6.45, 7) is 1.83. The first-order valence-corrected chi connectivity index (χ1v) is 7.98. The van der Waals surface area contributed by atoms with Crippen LogP contribution in [-0.4, -0.2) is 26.1 Å². The quantitative estimate of drug-likeness (QED) is 0.523. The molecule has 128 valence electrons. The van der Waals surface area contributed by atoms with E-state index in [9.17, 15) is 4.79 Å². The molecule has 0 radical (unpaired) electrons. The number of aromatic nitrogens is 4. The number of hydrogen-bond donors (Lipinski definition) is 0.